The zero-order chi connectivity index (χ0) is 13.4. The van der Waals surface area contributed by atoms with Gasteiger partial charge in [-0.05, 0) is 62.0 Å². The van der Waals surface area contributed by atoms with Crippen LogP contribution in [0.3, 0.4) is 0 Å². The molecule has 3 rings (SSSR count). The first-order valence-electron chi connectivity index (χ1n) is 6.90. The Kier molecular flexibility index (Phi) is 3.63. The molecule has 1 heterocycles. The molecule has 1 fully saturated rings. The van der Waals surface area contributed by atoms with Gasteiger partial charge in [0, 0.05) is 10.5 Å². The molecule has 0 aromatic heterocycles. The number of nitrogens with zero attached hydrogens (tertiary/aromatic N) is 1. The van der Waals surface area contributed by atoms with E-state index in [1.165, 1.54) is 17.5 Å². The summed E-state index contributed by atoms with van der Waals surface area (Å²) < 4.78 is 1.15. The van der Waals surface area contributed by atoms with Crippen LogP contribution in [0.15, 0.2) is 22.7 Å². The number of fused-ring (bicyclic) bond motifs is 1. The lowest BCUT2D eigenvalue weighted by molar-refractivity contribution is -0.143. The Morgan fingerprint density at radius 2 is 2.00 bits per heavy atom. The molecule has 1 aromatic rings. The second-order valence-electron chi connectivity index (χ2n) is 5.55. The zero-order valence-electron chi connectivity index (χ0n) is 10.8. The summed E-state index contributed by atoms with van der Waals surface area (Å²) in [7, 11) is 0. The van der Waals surface area contributed by atoms with Gasteiger partial charge in [-0.15, -0.1) is 0 Å². The van der Waals surface area contributed by atoms with Gasteiger partial charge in [0.2, 0.25) is 0 Å². The highest BCUT2D eigenvalue weighted by atomic mass is 79.9. The van der Waals surface area contributed by atoms with Crippen LogP contribution in [-0.4, -0.2) is 29.1 Å². The highest BCUT2D eigenvalue weighted by Crippen LogP contribution is 2.38. The van der Waals surface area contributed by atoms with E-state index in [-0.39, 0.29) is 5.92 Å². The van der Waals surface area contributed by atoms with E-state index in [2.05, 4.69) is 39.0 Å². The minimum absolute atomic E-state index is 0.137. The monoisotopic (exact) mass is 323 g/mol. The van der Waals surface area contributed by atoms with Crippen molar-refractivity contribution in [3.05, 3.63) is 33.8 Å². The molecule has 0 spiro atoms. The van der Waals surface area contributed by atoms with Crippen molar-refractivity contribution in [2.75, 3.05) is 13.1 Å². The SMILES string of the molecule is O=C(O)C1CCN(C2CCc3cc(Br)ccc32)CC1. The Hall–Kier alpha value is -0.870. The lowest BCUT2D eigenvalue weighted by Crippen LogP contribution is -2.38. The van der Waals surface area contributed by atoms with Crippen LogP contribution >= 0.6 is 15.9 Å². The fourth-order valence-electron chi connectivity index (χ4n) is 3.40. The standard InChI is InChI=1S/C15H18BrNO2/c16-12-2-3-13-11(9-12)1-4-14(13)17-7-5-10(6-8-17)15(18)19/h2-3,9-10,14H,1,4-8H2,(H,18,19). The number of hydrogen-bond acceptors (Lipinski definition) is 2. The number of benzene rings is 1. The number of carboxylic acid groups (broad SMARTS) is 1. The molecule has 1 N–H and O–H groups in total. The van der Waals surface area contributed by atoms with E-state index >= 15 is 0 Å². The third kappa shape index (κ3) is 2.56. The van der Waals surface area contributed by atoms with Gasteiger partial charge in [0.1, 0.15) is 0 Å². The van der Waals surface area contributed by atoms with Crippen molar-refractivity contribution in [2.24, 2.45) is 5.92 Å². The number of carboxylic acids is 1. The first kappa shape index (κ1) is 13.1. The topological polar surface area (TPSA) is 40.5 Å². The third-order valence-corrected chi connectivity index (χ3v) is 4.96. The van der Waals surface area contributed by atoms with E-state index in [9.17, 15) is 4.79 Å². The average molecular weight is 324 g/mol. The second-order valence-corrected chi connectivity index (χ2v) is 6.46. The molecule has 4 heteroatoms. The van der Waals surface area contributed by atoms with Crippen molar-refractivity contribution >= 4 is 21.9 Å². The molecule has 1 aliphatic carbocycles. The largest absolute Gasteiger partial charge is 0.481 e. The van der Waals surface area contributed by atoms with E-state index in [0.29, 0.717) is 6.04 Å². The quantitative estimate of drug-likeness (QED) is 0.908. The van der Waals surface area contributed by atoms with Crippen molar-refractivity contribution in [3.63, 3.8) is 0 Å². The number of halogens is 1. The molecule has 102 valence electrons. The van der Waals surface area contributed by atoms with Gasteiger partial charge in [0.25, 0.3) is 0 Å². The summed E-state index contributed by atoms with van der Waals surface area (Å²) in [5.74, 6) is -0.766. The normalized spacial score (nSPS) is 24.4. The predicted molar refractivity (Wildman–Crippen MR) is 77.1 cm³/mol. The Balaban J connectivity index is 1.71. The Bertz CT molecular complexity index is 495. The van der Waals surface area contributed by atoms with E-state index in [0.717, 1.165) is 36.8 Å². The van der Waals surface area contributed by atoms with Crippen LogP contribution in [0.4, 0.5) is 0 Å². The molecular formula is C15H18BrNO2. The van der Waals surface area contributed by atoms with Crippen LogP contribution in [0, 0.1) is 5.92 Å². The Morgan fingerprint density at radius 1 is 1.26 bits per heavy atom. The van der Waals surface area contributed by atoms with Gasteiger partial charge in [0.15, 0.2) is 0 Å². The van der Waals surface area contributed by atoms with Gasteiger partial charge >= 0.3 is 5.97 Å². The number of aliphatic carboxylic acids is 1. The van der Waals surface area contributed by atoms with E-state index in [4.69, 9.17) is 5.11 Å². The van der Waals surface area contributed by atoms with Crippen molar-refractivity contribution < 1.29 is 9.90 Å². The molecule has 1 unspecified atom stereocenters. The number of likely N-dealkylation sites (tertiary alicyclic amines) is 1. The number of hydrogen-bond donors (Lipinski definition) is 1. The molecule has 1 saturated heterocycles. The first-order valence-corrected chi connectivity index (χ1v) is 7.69. The molecule has 0 bridgehead atoms. The summed E-state index contributed by atoms with van der Waals surface area (Å²) in [6, 6.07) is 7.05. The van der Waals surface area contributed by atoms with Crippen LogP contribution in [0.25, 0.3) is 0 Å². The first-order chi connectivity index (χ1) is 9.15. The van der Waals surface area contributed by atoms with Crippen LogP contribution in [-0.2, 0) is 11.2 Å². The third-order valence-electron chi connectivity index (χ3n) is 4.47. The van der Waals surface area contributed by atoms with Crippen molar-refractivity contribution in [1.82, 2.24) is 4.90 Å². The average Bonchev–Trinajstić information content (AvgIpc) is 2.81. The van der Waals surface area contributed by atoms with Gasteiger partial charge in [-0.3, -0.25) is 9.69 Å². The number of aryl methyl sites for hydroxylation is 1. The fraction of sp³-hybridized carbons (Fsp3) is 0.533. The van der Waals surface area contributed by atoms with Crippen molar-refractivity contribution in [3.8, 4) is 0 Å². The Morgan fingerprint density at radius 3 is 2.68 bits per heavy atom. The molecule has 1 aliphatic heterocycles. The molecule has 1 atom stereocenters. The molecule has 0 amide bonds. The van der Waals surface area contributed by atoms with Gasteiger partial charge < -0.3 is 5.11 Å². The summed E-state index contributed by atoms with van der Waals surface area (Å²) in [6.45, 7) is 1.83. The van der Waals surface area contributed by atoms with Crippen LogP contribution in [0.1, 0.15) is 36.4 Å². The van der Waals surface area contributed by atoms with E-state index in [1.807, 2.05) is 0 Å². The second kappa shape index (κ2) is 5.25. The molecule has 0 radical (unpaired) electrons. The van der Waals surface area contributed by atoms with Crippen molar-refractivity contribution in [1.29, 1.82) is 0 Å². The van der Waals surface area contributed by atoms with Gasteiger partial charge in [-0.2, -0.15) is 0 Å². The molecule has 2 aliphatic rings. The highest BCUT2D eigenvalue weighted by molar-refractivity contribution is 9.10. The van der Waals surface area contributed by atoms with E-state index < -0.39 is 5.97 Å². The molecule has 19 heavy (non-hydrogen) atoms. The predicted octanol–water partition coefficient (Wildman–Crippen LogP) is 3.23. The molecule has 0 saturated carbocycles. The smallest absolute Gasteiger partial charge is 0.306 e. The van der Waals surface area contributed by atoms with Crippen LogP contribution < -0.4 is 0 Å². The minimum Gasteiger partial charge on any atom is -0.481 e. The maximum atomic E-state index is 11.0. The highest BCUT2D eigenvalue weighted by Gasteiger charge is 2.32. The van der Waals surface area contributed by atoms with Crippen LogP contribution in [0.5, 0.6) is 0 Å². The fourth-order valence-corrected chi connectivity index (χ4v) is 3.81. The van der Waals surface area contributed by atoms with Crippen molar-refractivity contribution in [2.45, 2.75) is 31.7 Å². The summed E-state index contributed by atoms with van der Waals surface area (Å²) in [6.07, 6.45) is 3.89. The summed E-state index contributed by atoms with van der Waals surface area (Å²) in [5, 5.41) is 9.05. The number of rotatable bonds is 2. The summed E-state index contributed by atoms with van der Waals surface area (Å²) in [4.78, 5) is 13.5. The maximum absolute atomic E-state index is 11.0. The summed E-state index contributed by atoms with van der Waals surface area (Å²) in [5.41, 5.74) is 2.89. The van der Waals surface area contributed by atoms with E-state index in [1.54, 1.807) is 0 Å². The number of piperidine rings is 1. The van der Waals surface area contributed by atoms with Crippen LogP contribution in [0.2, 0.25) is 0 Å². The lowest BCUT2D eigenvalue weighted by atomic mass is 9.95. The van der Waals surface area contributed by atoms with Gasteiger partial charge in [-0.25, -0.2) is 0 Å². The van der Waals surface area contributed by atoms with Gasteiger partial charge in [0.05, 0.1) is 5.92 Å². The number of carbonyl (C=O) groups is 1. The molecule has 1 aromatic carbocycles. The molecule has 3 nitrogen and oxygen atoms in total. The zero-order valence-corrected chi connectivity index (χ0v) is 12.4. The Labute approximate surface area is 121 Å². The molecular weight excluding hydrogens is 306 g/mol. The summed E-state index contributed by atoms with van der Waals surface area (Å²) >= 11 is 3.53. The lowest BCUT2D eigenvalue weighted by Gasteiger charge is -2.35. The van der Waals surface area contributed by atoms with Gasteiger partial charge in [-0.1, -0.05) is 22.0 Å². The maximum Gasteiger partial charge on any atom is 0.306 e. The minimum atomic E-state index is -0.629.